The summed E-state index contributed by atoms with van der Waals surface area (Å²) in [7, 11) is 0. The Hall–Kier alpha value is -2.89. The zero-order chi connectivity index (χ0) is 14.1. The number of carbonyl (C=O) groups is 1. The summed E-state index contributed by atoms with van der Waals surface area (Å²) in [5, 5.41) is 0.452. The topological polar surface area (TPSA) is 102 Å². The number of nitrogens with one attached hydrogen (secondary N) is 1. The second-order valence-corrected chi connectivity index (χ2v) is 4.36. The lowest BCUT2D eigenvalue weighted by atomic mass is 10.1. The number of primary amides is 1. The van der Waals surface area contributed by atoms with Gasteiger partial charge in [-0.2, -0.15) is 0 Å². The summed E-state index contributed by atoms with van der Waals surface area (Å²) >= 11 is 0. The molecule has 6 heteroatoms. The molecular weight excluding hydrogens is 258 g/mol. The highest BCUT2D eigenvalue weighted by atomic mass is 16.3. The van der Waals surface area contributed by atoms with E-state index in [0.717, 1.165) is 5.56 Å². The molecule has 0 aliphatic carbocycles. The molecule has 0 radical (unpaired) electrons. The predicted molar refractivity (Wildman–Crippen MR) is 73.0 cm³/mol. The van der Waals surface area contributed by atoms with E-state index in [0.29, 0.717) is 16.7 Å². The van der Waals surface area contributed by atoms with Crippen LogP contribution in [0.4, 0.5) is 0 Å². The molecule has 0 bridgehead atoms. The fourth-order valence-electron chi connectivity index (χ4n) is 2.03. The van der Waals surface area contributed by atoms with Gasteiger partial charge in [0.2, 0.25) is 5.91 Å². The number of benzene rings is 1. The first-order chi connectivity index (χ1) is 9.63. The van der Waals surface area contributed by atoms with Crippen LogP contribution in [0.1, 0.15) is 5.82 Å². The maximum atomic E-state index is 11.9. The fraction of sp³-hybridized carbons (Fsp3) is 0.0714. The van der Waals surface area contributed by atoms with E-state index in [1.807, 2.05) is 6.07 Å². The molecule has 0 atom stereocenters. The number of aromatic amines is 1. The van der Waals surface area contributed by atoms with Crippen molar-refractivity contribution in [1.29, 1.82) is 0 Å². The van der Waals surface area contributed by atoms with Crippen molar-refractivity contribution in [3.05, 3.63) is 52.8 Å². The van der Waals surface area contributed by atoms with Crippen LogP contribution in [0.2, 0.25) is 0 Å². The number of nitrogens with zero attached hydrogens (tertiary/aromatic N) is 1. The van der Waals surface area contributed by atoms with E-state index >= 15 is 0 Å². The van der Waals surface area contributed by atoms with Crippen LogP contribution in [0, 0.1) is 0 Å². The molecule has 20 heavy (non-hydrogen) atoms. The van der Waals surface area contributed by atoms with Gasteiger partial charge in [-0.05, 0) is 24.3 Å². The Morgan fingerprint density at radius 1 is 1.35 bits per heavy atom. The first kappa shape index (κ1) is 12.2. The number of hydrogen-bond donors (Lipinski definition) is 2. The van der Waals surface area contributed by atoms with E-state index in [1.165, 1.54) is 0 Å². The van der Waals surface area contributed by atoms with Crippen LogP contribution >= 0.6 is 0 Å². The zero-order valence-electron chi connectivity index (χ0n) is 10.4. The van der Waals surface area contributed by atoms with Gasteiger partial charge in [0.25, 0.3) is 5.56 Å². The predicted octanol–water partition coefficient (Wildman–Crippen LogP) is 1.21. The number of fused-ring (bicyclic) bond motifs is 1. The highest BCUT2D eigenvalue weighted by Crippen LogP contribution is 2.22. The number of aromatic nitrogens is 2. The lowest BCUT2D eigenvalue weighted by Gasteiger charge is -2.03. The molecule has 0 unspecified atom stereocenters. The minimum absolute atomic E-state index is 0.101. The average molecular weight is 269 g/mol. The average Bonchev–Trinajstić information content (AvgIpc) is 2.91. The van der Waals surface area contributed by atoms with E-state index in [9.17, 15) is 9.59 Å². The van der Waals surface area contributed by atoms with Crippen LogP contribution in [0.5, 0.6) is 0 Å². The van der Waals surface area contributed by atoms with Crippen molar-refractivity contribution >= 4 is 16.8 Å². The summed E-state index contributed by atoms with van der Waals surface area (Å²) in [6.45, 7) is 0. The zero-order valence-corrected chi connectivity index (χ0v) is 10.4. The monoisotopic (exact) mass is 269 g/mol. The van der Waals surface area contributed by atoms with Crippen LogP contribution in [0.15, 0.2) is 45.8 Å². The van der Waals surface area contributed by atoms with Crippen molar-refractivity contribution in [2.75, 3.05) is 0 Å². The molecule has 1 amide bonds. The van der Waals surface area contributed by atoms with Gasteiger partial charge in [-0.15, -0.1) is 0 Å². The maximum absolute atomic E-state index is 11.9. The summed E-state index contributed by atoms with van der Waals surface area (Å²) in [6.07, 6.45) is 1.47. The van der Waals surface area contributed by atoms with Crippen molar-refractivity contribution in [1.82, 2.24) is 9.97 Å². The second kappa shape index (κ2) is 4.65. The Labute approximate surface area is 113 Å². The number of hydrogen-bond acceptors (Lipinski definition) is 4. The van der Waals surface area contributed by atoms with E-state index < -0.39 is 5.91 Å². The number of nitrogens with two attached hydrogens (primary N) is 1. The molecule has 0 saturated heterocycles. The Morgan fingerprint density at radius 2 is 2.20 bits per heavy atom. The molecule has 100 valence electrons. The summed E-state index contributed by atoms with van der Waals surface area (Å²) in [6, 6.07) is 8.80. The minimum Gasteiger partial charge on any atom is -0.464 e. The third-order valence-corrected chi connectivity index (χ3v) is 2.90. The lowest BCUT2D eigenvalue weighted by Crippen LogP contribution is -2.19. The van der Waals surface area contributed by atoms with Crippen molar-refractivity contribution < 1.29 is 9.21 Å². The maximum Gasteiger partial charge on any atom is 0.258 e. The van der Waals surface area contributed by atoms with Crippen molar-refractivity contribution in [3.8, 4) is 11.3 Å². The molecule has 3 aromatic rings. The SMILES string of the molecule is NC(=O)Cc1nc2cc(-c3ccco3)ccc2c(=O)[nH]1. The van der Waals surface area contributed by atoms with Crippen LogP contribution in [-0.2, 0) is 11.2 Å². The Balaban J connectivity index is 2.17. The largest absolute Gasteiger partial charge is 0.464 e. The van der Waals surface area contributed by atoms with E-state index in [-0.39, 0.29) is 17.8 Å². The molecule has 0 aliphatic heterocycles. The fourth-order valence-corrected chi connectivity index (χ4v) is 2.03. The number of amides is 1. The van der Waals surface area contributed by atoms with Crippen LogP contribution in [0.25, 0.3) is 22.2 Å². The van der Waals surface area contributed by atoms with Gasteiger partial charge >= 0.3 is 0 Å². The van der Waals surface area contributed by atoms with Gasteiger partial charge in [-0.3, -0.25) is 9.59 Å². The first-order valence-corrected chi connectivity index (χ1v) is 5.98. The lowest BCUT2D eigenvalue weighted by molar-refractivity contribution is -0.117. The minimum atomic E-state index is -0.547. The third-order valence-electron chi connectivity index (χ3n) is 2.90. The summed E-state index contributed by atoms with van der Waals surface area (Å²) in [4.78, 5) is 29.6. The molecular formula is C14H11N3O3. The molecule has 2 aromatic heterocycles. The quantitative estimate of drug-likeness (QED) is 0.746. The number of furan rings is 1. The van der Waals surface area contributed by atoms with Crippen LogP contribution < -0.4 is 11.3 Å². The van der Waals surface area contributed by atoms with Gasteiger partial charge in [-0.25, -0.2) is 4.98 Å². The molecule has 1 aromatic carbocycles. The molecule has 6 nitrogen and oxygen atoms in total. The summed E-state index contributed by atoms with van der Waals surface area (Å²) < 4.78 is 5.31. The number of H-pyrrole nitrogens is 1. The van der Waals surface area contributed by atoms with Gasteiger partial charge in [-0.1, -0.05) is 6.07 Å². The van der Waals surface area contributed by atoms with Gasteiger partial charge in [0.05, 0.1) is 23.6 Å². The van der Waals surface area contributed by atoms with E-state index in [1.54, 1.807) is 30.5 Å². The standard InChI is InChI=1S/C14H11N3O3/c15-12(18)7-13-16-10-6-8(11-2-1-5-20-11)3-4-9(10)14(19)17-13/h1-6H,7H2,(H2,15,18)(H,16,17,19). The third kappa shape index (κ3) is 2.18. The van der Waals surface area contributed by atoms with Crippen LogP contribution in [0.3, 0.4) is 0 Å². The van der Waals surface area contributed by atoms with Crippen LogP contribution in [-0.4, -0.2) is 15.9 Å². The highest BCUT2D eigenvalue weighted by Gasteiger charge is 2.08. The molecule has 0 spiro atoms. The summed E-state index contributed by atoms with van der Waals surface area (Å²) in [5.74, 6) is 0.395. The molecule has 3 N–H and O–H groups in total. The molecule has 2 heterocycles. The number of carbonyl (C=O) groups excluding carboxylic acids is 1. The Morgan fingerprint density at radius 3 is 2.90 bits per heavy atom. The van der Waals surface area contributed by atoms with Crippen molar-refractivity contribution in [2.24, 2.45) is 5.73 Å². The highest BCUT2D eigenvalue weighted by molar-refractivity contribution is 5.83. The van der Waals surface area contributed by atoms with E-state index in [4.69, 9.17) is 10.2 Å². The Bertz CT molecular complexity index is 834. The summed E-state index contributed by atoms with van der Waals surface area (Å²) in [5.41, 5.74) is 6.13. The van der Waals surface area contributed by atoms with Gasteiger partial charge in [0.15, 0.2) is 0 Å². The second-order valence-electron chi connectivity index (χ2n) is 4.36. The van der Waals surface area contributed by atoms with Gasteiger partial charge in [0, 0.05) is 5.56 Å². The van der Waals surface area contributed by atoms with E-state index in [2.05, 4.69) is 9.97 Å². The van der Waals surface area contributed by atoms with Gasteiger partial charge in [0.1, 0.15) is 11.6 Å². The van der Waals surface area contributed by atoms with Gasteiger partial charge < -0.3 is 15.1 Å². The Kier molecular flexibility index (Phi) is 2.83. The first-order valence-electron chi connectivity index (χ1n) is 5.98. The van der Waals surface area contributed by atoms with Crippen molar-refractivity contribution in [3.63, 3.8) is 0 Å². The molecule has 0 aliphatic rings. The number of rotatable bonds is 3. The molecule has 3 rings (SSSR count). The molecule has 0 fully saturated rings. The van der Waals surface area contributed by atoms with Crippen molar-refractivity contribution in [2.45, 2.75) is 6.42 Å². The normalized spacial score (nSPS) is 10.8. The smallest absolute Gasteiger partial charge is 0.258 e. The molecule has 0 saturated carbocycles.